The van der Waals surface area contributed by atoms with E-state index in [1.807, 2.05) is 30.3 Å². The lowest BCUT2D eigenvalue weighted by molar-refractivity contribution is 0.0947. The molecule has 4 aromatic rings. The van der Waals surface area contributed by atoms with Crippen molar-refractivity contribution >= 4 is 17.0 Å². The van der Waals surface area contributed by atoms with E-state index < -0.39 is 0 Å². The molecule has 8 nitrogen and oxygen atoms in total. The van der Waals surface area contributed by atoms with Crippen LogP contribution in [-0.4, -0.2) is 20.9 Å². The van der Waals surface area contributed by atoms with Crippen LogP contribution in [-0.2, 0) is 19.7 Å². The summed E-state index contributed by atoms with van der Waals surface area (Å²) in [7, 11) is 0. The number of ether oxygens (including phenoxy) is 1. The molecule has 0 aliphatic heterocycles. The predicted octanol–water partition coefficient (Wildman–Crippen LogP) is 2.59. The lowest BCUT2D eigenvalue weighted by Gasteiger charge is -2.08. The number of carbonyl (C=O) groups is 1. The smallest absolute Gasteiger partial charge is 0.251 e. The quantitative estimate of drug-likeness (QED) is 0.499. The Balaban J connectivity index is 1.37. The first-order chi connectivity index (χ1) is 14.2. The summed E-state index contributed by atoms with van der Waals surface area (Å²) in [5.41, 5.74) is 9.08. The van der Waals surface area contributed by atoms with E-state index in [2.05, 4.69) is 20.3 Å². The molecule has 1 amide bonds. The fourth-order valence-electron chi connectivity index (χ4n) is 2.78. The molecule has 8 heteroatoms. The first kappa shape index (κ1) is 18.6. The first-order valence-corrected chi connectivity index (χ1v) is 9.06. The van der Waals surface area contributed by atoms with Crippen molar-refractivity contribution in [3.05, 3.63) is 83.6 Å². The van der Waals surface area contributed by atoms with Gasteiger partial charge in [-0.05, 0) is 29.8 Å². The van der Waals surface area contributed by atoms with Crippen molar-refractivity contribution in [1.82, 2.24) is 20.3 Å². The van der Waals surface area contributed by atoms with Gasteiger partial charge in [0.15, 0.2) is 5.58 Å². The Bertz CT molecular complexity index is 1110. The molecule has 4 rings (SSSR count). The van der Waals surface area contributed by atoms with Crippen LogP contribution in [0.15, 0.2) is 65.3 Å². The van der Waals surface area contributed by atoms with Crippen molar-refractivity contribution in [1.29, 1.82) is 0 Å². The van der Waals surface area contributed by atoms with Gasteiger partial charge >= 0.3 is 0 Å². The first-order valence-electron chi connectivity index (χ1n) is 9.06. The van der Waals surface area contributed by atoms with Gasteiger partial charge in [0.1, 0.15) is 18.5 Å². The Morgan fingerprint density at radius 2 is 2.00 bits per heavy atom. The molecule has 0 atom stereocenters. The molecule has 0 fully saturated rings. The SMILES string of the molecule is NCc1cc(OCc2cccc(C(=O)NCc3nc4ccccc4o3)c2)ncn1. The fourth-order valence-corrected chi connectivity index (χ4v) is 2.78. The fraction of sp³-hybridized carbons (Fsp3) is 0.143. The number of amides is 1. The molecule has 0 spiro atoms. The summed E-state index contributed by atoms with van der Waals surface area (Å²) in [6.07, 6.45) is 1.41. The Morgan fingerprint density at radius 3 is 2.86 bits per heavy atom. The van der Waals surface area contributed by atoms with Gasteiger partial charge in [-0.25, -0.2) is 15.0 Å². The number of rotatable bonds is 7. The van der Waals surface area contributed by atoms with Crippen LogP contribution in [0.5, 0.6) is 5.88 Å². The summed E-state index contributed by atoms with van der Waals surface area (Å²) < 4.78 is 11.3. The zero-order chi connectivity index (χ0) is 20.1. The van der Waals surface area contributed by atoms with Gasteiger partial charge in [0.25, 0.3) is 5.91 Å². The molecule has 0 radical (unpaired) electrons. The molecule has 29 heavy (non-hydrogen) atoms. The average molecular weight is 389 g/mol. The number of nitrogens with two attached hydrogens (primary N) is 1. The highest BCUT2D eigenvalue weighted by Crippen LogP contribution is 2.15. The van der Waals surface area contributed by atoms with Gasteiger partial charge in [-0.2, -0.15) is 0 Å². The highest BCUT2D eigenvalue weighted by molar-refractivity contribution is 5.94. The Labute approximate surface area is 166 Å². The third kappa shape index (κ3) is 4.56. The highest BCUT2D eigenvalue weighted by atomic mass is 16.5. The number of oxazole rings is 1. The van der Waals surface area contributed by atoms with E-state index in [1.54, 1.807) is 24.3 Å². The lowest BCUT2D eigenvalue weighted by atomic mass is 10.1. The number of fused-ring (bicyclic) bond motifs is 1. The standard InChI is InChI=1S/C21H19N5O3/c22-10-16-9-19(25-13-24-16)28-12-14-4-3-5-15(8-14)21(27)23-11-20-26-17-6-1-2-7-18(17)29-20/h1-9,13H,10-12,22H2,(H,23,27). The summed E-state index contributed by atoms with van der Waals surface area (Å²) >= 11 is 0. The molecule has 2 heterocycles. The van der Waals surface area contributed by atoms with Crippen molar-refractivity contribution in [3.8, 4) is 5.88 Å². The molecule has 0 saturated carbocycles. The molecule has 3 N–H and O–H groups in total. The molecule has 0 aliphatic rings. The van der Waals surface area contributed by atoms with Crippen LogP contribution < -0.4 is 15.8 Å². The van der Waals surface area contributed by atoms with Crippen LogP contribution in [0, 0.1) is 0 Å². The van der Waals surface area contributed by atoms with Crippen molar-refractivity contribution in [2.45, 2.75) is 19.7 Å². The minimum absolute atomic E-state index is 0.205. The van der Waals surface area contributed by atoms with Gasteiger partial charge < -0.3 is 20.2 Å². The molecule has 2 aromatic heterocycles. The lowest BCUT2D eigenvalue weighted by Crippen LogP contribution is -2.23. The van der Waals surface area contributed by atoms with E-state index >= 15 is 0 Å². The normalized spacial score (nSPS) is 10.8. The van der Waals surface area contributed by atoms with Crippen LogP contribution in [0.4, 0.5) is 0 Å². The van der Waals surface area contributed by atoms with Crippen molar-refractivity contribution in [3.63, 3.8) is 0 Å². The average Bonchev–Trinajstić information content (AvgIpc) is 3.19. The molecule has 0 aliphatic carbocycles. The predicted molar refractivity (Wildman–Crippen MR) is 106 cm³/mol. The molecule has 146 valence electrons. The largest absolute Gasteiger partial charge is 0.473 e. The topological polar surface area (TPSA) is 116 Å². The van der Waals surface area contributed by atoms with Gasteiger partial charge in [0.05, 0.1) is 12.2 Å². The molecule has 2 aromatic carbocycles. The molecule has 0 unspecified atom stereocenters. The Kier molecular flexibility index (Phi) is 5.44. The van der Waals surface area contributed by atoms with Crippen LogP contribution in [0.2, 0.25) is 0 Å². The third-order valence-corrected chi connectivity index (χ3v) is 4.22. The molecular formula is C21H19N5O3. The van der Waals surface area contributed by atoms with E-state index in [4.69, 9.17) is 14.9 Å². The molecular weight excluding hydrogens is 370 g/mol. The van der Waals surface area contributed by atoms with E-state index in [-0.39, 0.29) is 19.1 Å². The van der Waals surface area contributed by atoms with E-state index in [0.29, 0.717) is 35.2 Å². The van der Waals surface area contributed by atoms with Crippen LogP contribution in [0.1, 0.15) is 27.5 Å². The second-order valence-corrected chi connectivity index (χ2v) is 6.30. The van der Waals surface area contributed by atoms with E-state index in [0.717, 1.165) is 11.1 Å². The second kappa shape index (κ2) is 8.49. The summed E-state index contributed by atoms with van der Waals surface area (Å²) in [5.74, 6) is 0.673. The van der Waals surface area contributed by atoms with Gasteiger partial charge in [0, 0.05) is 18.2 Å². The van der Waals surface area contributed by atoms with Gasteiger partial charge in [-0.1, -0.05) is 24.3 Å². The number of nitrogens with one attached hydrogen (secondary N) is 1. The minimum atomic E-state index is -0.221. The van der Waals surface area contributed by atoms with E-state index in [1.165, 1.54) is 6.33 Å². The van der Waals surface area contributed by atoms with Crippen molar-refractivity contribution in [2.24, 2.45) is 5.73 Å². The number of hydrogen-bond acceptors (Lipinski definition) is 7. The summed E-state index contributed by atoms with van der Waals surface area (Å²) in [5, 5.41) is 2.82. The molecule has 0 saturated heterocycles. The monoisotopic (exact) mass is 389 g/mol. The summed E-state index contributed by atoms with van der Waals surface area (Å²) in [6.45, 7) is 0.791. The Morgan fingerprint density at radius 1 is 1.10 bits per heavy atom. The maximum absolute atomic E-state index is 12.5. The maximum atomic E-state index is 12.5. The molecule has 0 bridgehead atoms. The third-order valence-electron chi connectivity index (χ3n) is 4.22. The van der Waals surface area contributed by atoms with Gasteiger partial charge in [0.2, 0.25) is 11.8 Å². The number of hydrogen-bond donors (Lipinski definition) is 2. The number of nitrogens with zero attached hydrogens (tertiary/aromatic N) is 3. The van der Waals surface area contributed by atoms with Crippen LogP contribution >= 0.6 is 0 Å². The second-order valence-electron chi connectivity index (χ2n) is 6.30. The van der Waals surface area contributed by atoms with Gasteiger partial charge in [-0.15, -0.1) is 0 Å². The minimum Gasteiger partial charge on any atom is -0.473 e. The number of benzene rings is 2. The van der Waals surface area contributed by atoms with Crippen molar-refractivity contribution in [2.75, 3.05) is 0 Å². The van der Waals surface area contributed by atoms with Crippen LogP contribution in [0.3, 0.4) is 0 Å². The number of carbonyl (C=O) groups excluding carboxylic acids is 1. The van der Waals surface area contributed by atoms with Crippen molar-refractivity contribution < 1.29 is 13.9 Å². The van der Waals surface area contributed by atoms with E-state index in [9.17, 15) is 4.79 Å². The highest BCUT2D eigenvalue weighted by Gasteiger charge is 2.10. The zero-order valence-corrected chi connectivity index (χ0v) is 15.5. The maximum Gasteiger partial charge on any atom is 0.251 e. The number of para-hydroxylation sites is 2. The Hall–Kier alpha value is -3.78. The summed E-state index contributed by atoms with van der Waals surface area (Å²) in [4.78, 5) is 24.9. The summed E-state index contributed by atoms with van der Waals surface area (Å²) in [6, 6.07) is 16.3. The number of aromatic nitrogens is 3. The van der Waals surface area contributed by atoms with Gasteiger partial charge in [-0.3, -0.25) is 4.79 Å². The van der Waals surface area contributed by atoms with Crippen LogP contribution in [0.25, 0.3) is 11.1 Å². The zero-order valence-electron chi connectivity index (χ0n) is 15.5.